The second-order valence-corrected chi connectivity index (χ2v) is 5.75. The Morgan fingerprint density at radius 1 is 1.26 bits per heavy atom. The molecule has 0 spiro atoms. The van der Waals surface area contributed by atoms with Crippen LogP contribution in [0.5, 0.6) is 0 Å². The van der Waals surface area contributed by atoms with E-state index in [1.165, 1.54) is 0 Å². The largest absolute Gasteiger partial charge is 0.319 e. The number of imidazole rings is 1. The molecular formula is C16H18N6O. The molecule has 1 amide bonds. The second kappa shape index (κ2) is 5.85. The first-order valence-electron chi connectivity index (χ1n) is 7.78. The maximum absolute atomic E-state index is 12.4. The molecule has 0 atom stereocenters. The van der Waals surface area contributed by atoms with Gasteiger partial charge in [-0.15, -0.1) is 0 Å². The lowest BCUT2D eigenvalue weighted by molar-refractivity contribution is 0.102. The van der Waals surface area contributed by atoms with Crippen LogP contribution >= 0.6 is 0 Å². The number of rotatable bonds is 3. The Hall–Kier alpha value is -2.67. The van der Waals surface area contributed by atoms with E-state index in [0.29, 0.717) is 11.6 Å². The van der Waals surface area contributed by atoms with Crippen molar-refractivity contribution in [2.24, 2.45) is 0 Å². The molecule has 7 heteroatoms. The minimum atomic E-state index is -0.148. The van der Waals surface area contributed by atoms with Crippen molar-refractivity contribution >= 4 is 17.2 Å². The normalized spacial score (nSPS) is 15.8. The first-order valence-corrected chi connectivity index (χ1v) is 7.78. The van der Waals surface area contributed by atoms with E-state index in [1.54, 1.807) is 24.7 Å². The van der Waals surface area contributed by atoms with E-state index >= 15 is 0 Å². The molecular weight excluding hydrogens is 292 g/mol. The number of piperidine rings is 1. The van der Waals surface area contributed by atoms with Crippen LogP contribution in [0, 0.1) is 0 Å². The van der Waals surface area contributed by atoms with Gasteiger partial charge in [-0.3, -0.25) is 9.48 Å². The van der Waals surface area contributed by atoms with E-state index in [4.69, 9.17) is 0 Å². The lowest BCUT2D eigenvalue weighted by Gasteiger charge is -2.22. The first-order chi connectivity index (χ1) is 11.3. The summed E-state index contributed by atoms with van der Waals surface area (Å²) in [4.78, 5) is 16.5. The number of hydrogen-bond donors (Lipinski definition) is 2. The maximum Gasteiger partial charge on any atom is 0.257 e. The van der Waals surface area contributed by atoms with Crippen molar-refractivity contribution in [2.45, 2.75) is 18.9 Å². The van der Waals surface area contributed by atoms with Crippen molar-refractivity contribution in [3.63, 3.8) is 0 Å². The van der Waals surface area contributed by atoms with Gasteiger partial charge in [0.15, 0.2) is 0 Å². The zero-order chi connectivity index (χ0) is 15.6. The van der Waals surface area contributed by atoms with Crippen molar-refractivity contribution in [1.82, 2.24) is 24.5 Å². The molecule has 118 valence electrons. The summed E-state index contributed by atoms with van der Waals surface area (Å²) >= 11 is 0. The van der Waals surface area contributed by atoms with Gasteiger partial charge >= 0.3 is 0 Å². The van der Waals surface area contributed by atoms with E-state index in [-0.39, 0.29) is 5.91 Å². The molecule has 0 aromatic carbocycles. The number of nitrogens with zero attached hydrogens (tertiary/aromatic N) is 4. The molecule has 1 aliphatic rings. The monoisotopic (exact) mass is 310 g/mol. The summed E-state index contributed by atoms with van der Waals surface area (Å²) in [6.45, 7) is 2.02. The summed E-state index contributed by atoms with van der Waals surface area (Å²) in [7, 11) is 0. The molecule has 1 aliphatic heterocycles. The lowest BCUT2D eigenvalue weighted by atomic mass is 10.1. The Kier molecular flexibility index (Phi) is 3.55. The predicted octanol–water partition coefficient (Wildman–Crippen LogP) is 1.71. The average molecular weight is 310 g/mol. The highest BCUT2D eigenvalue weighted by Gasteiger charge is 2.16. The molecule has 0 radical (unpaired) electrons. The van der Waals surface area contributed by atoms with Gasteiger partial charge in [-0.2, -0.15) is 5.10 Å². The first kappa shape index (κ1) is 14.0. The molecule has 0 saturated carbocycles. The maximum atomic E-state index is 12.4. The van der Waals surface area contributed by atoms with Crippen molar-refractivity contribution in [3.05, 3.63) is 48.7 Å². The lowest BCUT2D eigenvalue weighted by Crippen LogP contribution is -2.29. The quantitative estimate of drug-likeness (QED) is 0.772. The third kappa shape index (κ3) is 2.83. The van der Waals surface area contributed by atoms with Crippen LogP contribution in [0.4, 0.5) is 5.69 Å². The van der Waals surface area contributed by atoms with Crippen LogP contribution in [0.2, 0.25) is 0 Å². The van der Waals surface area contributed by atoms with Gasteiger partial charge in [0.2, 0.25) is 0 Å². The number of fused-ring (bicyclic) bond motifs is 1. The topological polar surface area (TPSA) is 76.2 Å². The van der Waals surface area contributed by atoms with E-state index in [9.17, 15) is 4.79 Å². The third-order valence-corrected chi connectivity index (χ3v) is 4.19. The minimum absolute atomic E-state index is 0.148. The molecule has 1 fully saturated rings. The zero-order valence-electron chi connectivity index (χ0n) is 12.6. The number of aromatic nitrogens is 4. The number of hydrogen-bond acceptors (Lipinski definition) is 4. The van der Waals surface area contributed by atoms with E-state index in [0.717, 1.165) is 37.3 Å². The summed E-state index contributed by atoms with van der Waals surface area (Å²) in [5.74, 6) is -0.148. The second-order valence-electron chi connectivity index (χ2n) is 5.75. The van der Waals surface area contributed by atoms with Crippen LogP contribution in [-0.2, 0) is 0 Å². The van der Waals surface area contributed by atoms with Crippen molar-refractivity contribution < 1.29 is 4.79 Å². The standard InChI is InChI=1S/C16H18N6O/c23-16(12-1-2-15-18-7-8-21(15)10-12)20-13-9-19-22(11-13)14-3-5-17-6-4-14/h1-2,7-11,14,17H,3-6H2,(H,20,23). The molecule has 1 saturated heterocycles. The van der Waals surface area contributed by atoms with Crippen LogP contribution in [0.3, 0.4) is 0 Å². The molecule has 0 unspecified atom stereocenters. The fourth-order valence-electron chi connectivity index (χ4n) is 2.93. The molecule has 3 aromatic rings. The van der Waals surface area contributed by atoms with Gasteiger partial charge in [0.1, 0.15) is 5.65 Å². The zero-order valence-corrected chi connectivity index (χ0v) is 12.6. The summed E-state index contributed by atoms with van der Waals surface area (Å²) < 4.78 is 3.78. The molecule has 0 aliphatic carbocycles. The van der Waals surface area contributed by atoms with Gasteiger partial charge in [0.05, 0.1) is 23.5 Å². The van der Waals surface area contributed by atoms with E-state index < -0.39 is 0 Å². The third-order valence-electron chi connectivity index (χ3n) is 4.19. The minimum Gasteiger partial charge on any atom is -0.319 e. The fraction of sp³-hybridized carbons (Fsp3) is 0.312. The molecule has 23 heavy (non-hydrogen) atoms. The molecule has 0 bridgehead atoms. The highest BCUT2D eigenvalue weighted by molar-refractivity contribution is 6.04. The molecule has 4 heterocycles. The van der Waals surface area contributed by atoms with Gasteiger partial charge < -0.3 is 15.0 Å². The number of pyridine rings is 1. The number of amides is 1. The van der Waals surface area contributed by atoms with Gasteiger partial charge in [-0.05, 0) is 38.1 Å². The predicted molar refractivity (Wildman–Crippen MR) is 86.5 cm³/mol. The molecule has 4 rings (SSSR count). The van der Waals surface area contributed by atoms with Crippen LogP contribution < -0.4 is 10.6 Å². The van der Waals surface area contributed by atoms with Crippen LogP contribution in [0.15, 0.2) is 43.1 Å². The average Bonchev–Trinajstić information content (AvgIpc) is 3.24. The fourth-order valence-corrected chi connectivity index (χ4v) is 2.93. The van der Waals surface area contributed by atoms with Gasteiger partial charge in [-0.25, -0.2) is 4.98 Å². The Bertz CT molecular complexity index is 830. The SMILES string of the molecule is O=C(Nc1cnn(C2CCNCC2)c1)c1ccc2nccn2c1. The Balaban J connectivity index is 1.48. The summed E-state index contributed by atoms with van der Waals surface area (Å²) in [5.41, 5.74) is 2.13. The summed E-state index contributed by atoms with van der Waals surface area (Å²) in [6.07, 6.45) is 11.0. The van der Waals surface area contributed by atoms with Crippen molar-refractivity contribution in [3.8, 4) is 0 Å². The van der Waals surface area contributed by atoms with Crippen LogP contribution in [0.25, 0.3) is 5.65 Å². The molecule has 7 nitrogen and oxygen atoms in total. The Morgan fingerprint density at radius 3 is 3.00 bits per heavy atom. The highest BCUT2D eigenvalue weighted by atomic mass is 16.1. The Labute approximate surface area is 133 Å². The summed E-state index contributed by atoms with van der Waals surface area (Å²) in [6, 6.07) is 4.01. The van der Waals surface area contributed by atoms with E-state index in [1.807, 2.05) is 27.5 Å². The van der Waals surface area contributed by atoms with Crippen LogP contribution in [0.1, 0.15) is 29.2 Å². The summed E-state index contributed by atoms with van der Waals surface area (Å²) in [5, 5.41) is 10.6. The van der Waals surface area contributed by atoms with Crippen molar-refractivity contribution in [2.75, 3.05) is 18.4 Å². The smallest absolute Gasteiger partial charge is 0.257 e. The van der Waals surface area contributed by atoms with E-state index in [2.05, 4.69) is 20.7 Å². The van der Waals surface area contributed by atoms with Gasteiger partial charge in [0.25, 0.3) is 5.91 Å². The number of carbonyl (C=O) groups is 1. The van der Waals surface area contributed by atoms with Gasteiger partial charge in [0, 0.05) is 24.8 Å². The van der Waals surface area contributed by atoms with Crippen molar-refractivity contribution in [1.29, 1.82) is 0 Å². The molecule has 2 N–H and O–H groups in total. The number of carbonyl (C=O) groups excluding carboxylic acids is 1. The number of anilines is 1. The number of nitrogens with one attached hydrogen (secondary N) is 2. The molecule has 3 aromatic heterocycles. The van der Waals surface area contributed by atoms with Crippen LogP contribution in [-0.4, -0.2) is 38.2 Å². The highest BCUT2D eigenvalue weighted by Crippen LogP contribution is 2.19. The van der Waals surface area contributed by atoms with Gasteiger partial charge in [-0.1, -0.05) is 0 Å². The Morgan fingerprint density at radius 2 is 2.13 bits per heavy atom.